The molecule has 21 heavy (non-hydrogen) atoms. The van der Waals surface area contributed by atoms with Crippen molar-refractivity contribution in [1.29, 1.82) is 0 Å². The molecule has 1 amide bonds. The summed E-state index contributed by atoms with van der Waals surface area (Å²) in [6, 6.07) is 15.5. The van der Waals surface area contributed by atoms with Crippen LogP contribution in [-0.4, -0.2) is 17.8 Å². The van der Waals surface area contributed by atoms with Crippen molar-refractivity contribution >= 4 is 21.8 Å². The summed E-state index contributed by atoms with van der Waals surface area (Å²) in [6.45, 7) is 0.703. The largest absolute Gasteiger partial charge is 0.493 e. The number of hydrogen-bond donors (Lipinski definition) is 1. The Hall–Kier alpha value is -1.81. The first-order chi connectivity index (χ1) is 10.3. The molecule has 1 aliphatic heterocycles. The molecule has 1 aliphatic rings. The van der Waals surface area contributed by atoms with Gasteiger partial charge in [0, 0.05) is 17.3 Å². The lowest BCUT2D eigenvalue weighted by Gasteiger charge is -2.17. The van der Waals surface area contributed by atoms with Gasteiger partial charge >= 0.3 is 0 Å². The summed E-state index contributed by atoms with van der Waals surface area (Å²) >= 11 is 3.47. The fourth-order valence-corrected chi connectivity index (χ4v) is 3.00. The number of amides is 1. The minimum absolute atomic E-state index is 0.0387. The first-order valence-corrected chi connectivity index (χ1v) is 8.07. The second-order valence-corrected chi connectivity index (χ2v) is 5.66. The van der Waals surface area contributed by atoms with Gasteiger partial charge in [-0.3, -0.25) is 4.79 Å². The third-order valence-corrected chi connectivity index (χ3v) is 4.26. The normalized spacial score (nSPS) is 14.1. The minimum Gasteiger partial charge on any atom is -0.493 e. The summed E-state index contributed by atoms with van der Waals surface area (Å²) in [5, 5.41) is 3.74. The maximum atomic E-state index is 12.4. The number of alkyl halides is 1. The smallest absolute Gasteiger partial charge is 0.251 e. The summed E-state index contributed by atoms with van der Waals surface area (Å²) in [6.07, 6.45) is 0.872. The number of nitrogens with one attached hydrogen (secondary N) is 1. The molecule has 0 aliphatic carbocycles. The van der Waals surface area contributed by atoms with Crippen molar-refractivity contribution in [2.75, 3.05) is 11.9 Å². The Morgan fingerprint density at radius 3 is 2.81 bits per heavy atom. The highest BCUT2D eigenvalue weighted by molar-refractivity contribution is 9.09. The molecule has 3 rings (SSSR count). The quantitative estimate of drug-likeness (QED) is 0.861. The highest BCUT2D eigenvalue weighted by Gasteiger charge is 2.18. The van der Waals surface area contributed by atoms with Gasteiger partial charge in [0.05, 0.1) is 12.6 Å². The maximum absolute atomic E-state index is 12.4. The summed E-state index contributed by atoms with van der Waals surface area (Å²) < 4.78 is 5.47. The molecule has 3 nitrogen and oxygen atoms in total. The number of rotatable bonds is 4. The highest BCUT2D eigenvalue weighted by atomic mass is 79.9. The number of hydrogen-bond acceptors (Lipinski definition) is 2. The van der Waals surface area contributed by atoms with Gasteiger partial charge in [0.1, 0.15) is 5.75 Å². The number of halogens is 1. The Morgan fingerprint density at radius 1 is 1.24 bits per heavy atom. The van der Waals surface area contributed by atoms with E-state index in [1.165, 1.54) is 0 Å². The van der Waals surface area contributed by atoms with Crippen molar-refractivity contribution in [3.05, 3.63) is 65.2 Å². The zero-order valence-corrected chi connectivity index (χ0v) is 13.1. The molecular weight excluding hydrogens is 330 g/mol. The zero-order chi connectivity index (χ0) is 14.7. The Morgan fingerprint density at radius 2 is 2.05 bits per heavy atom. The van der Waals surface area contributed by atoms with Crippen LogP contribution in [0, 0.1) is 0 Å². The average Bonchev–Trinajstić information content (AvgIpc) is 3.00. The van der Waals surface area contributed by atoms with Crippen molar-refractivity contribution in [3.8, 4) is 5.75 Å². The van der Waals surface area contributed by atoms with Crippen LogP contribution in [0.25, 0.3) is 0 Å². The topological polar surface area (TPSA) is 38.3 Å². The second kappa shape index (κ2) is 6.31. The number of carbonyl (C=O) groups is 1. The third-order valence-electron chi connectivity index (χ3n) is 3.61. The summed E-state index contributed by atoms with van der Waals surface area (Å²) in [5.74, 6) is 0.838. The summed E-state index contributed by atoms with van der Waals surface area (Å²) in [4.78, 5) is 12.4. The van der Waals surface area contributed by atoms with E-state index >= 15 is 0 Å². The van der Waals surface area contributed by atoms with Crippen molar-refractivity contribution < 1.29 is 9.53 Å². The second-order valence-electron chi connectivity index (χ2n) is 5.01. The lowest BCUT2D eigenvalue weighted by atomic mass is 10.1. The van der Waals surface area contributed by atoms with Crippen LogP contribution in [0.4, 0.5) is 0 Å². The molecule has 108 valence electrons. The van der Waals surface area contributed by atoms with Gasteiger partial charge in [0.15, 0.2) is 0 Å². The van der Waals surface area contributed by atoms with Crippen molar-refractivity contribution in [1.82, 2.24) is 5.32 Å². The fourth-order valence-electron chi connectivity index (χ4n) is 2.47. The van der Waals surface area contributed by atoms with Crippen LogP contribution in [0.1, 0.15) is 27.5 Å². The Labute approximate surface area is 132 Å². The van der Waals surface area contributed by atoms with Gasteiger partial charge in [-0.1, -0.05) is 46.3 Å². The molecule has 0 spiro atoms. The van der Waals surface area contributed by atoms with E-state index in [2.05, 4.69) is 21.2 Å². The van der Waals surface area contributed by atoms with Gasteiger partial charge in [0.2, 0.25) is 0 Å². The minimum atomic E-state index is -0.0574. The molecule has 0 saturated carbocycles. The molecule has 0 aromatic heterocycles. The molecular formula is C17H16BrNO2. The molecule has 0 radical (unpaired) electrons. The Balaban J connectivity index is 1.76. The number of ether oxygens (including phenoxy) is 1. The predicted molar refractivity (Wildman–Crippen MR) is 86.1 cm³/mol. The molecule has 1 heterocycles. The van der Waals surface area contributed by atoms with Crippen LogP contribution < -0.4 is 10.1 Å². The van der Waals surface area contributed by atoms with Crippen LogP contribution in [0.15, 0.2) is 48.5 Å². The van der Waals surface area contributed by atoms with Gasteiger partial charge in [-0.2, -0.15) is 0 Å². The van der Waals surface area contributed by atoms with Crippen LogP contribution in [0.5, 0.6) is 5.75 Å². The SMILES string of the molecule is O=C(NC(CBr)c1ccccc1)c1ccc2c(c1)CCO2. The van der Waals surface area contributed by atoms with Gasteiger partial charge in [-0.25, -0.2) is 0 Å². The predicted octanol–water partition coefficient (Wildman–Crippen LogP) is 3.49. The van der Waals surface area contributed by atoms with E-state index in [0.717, 1.165) is 23.3 Å². The van der Waals surface area contributed by atoms with Crippen molar-refractivity contribution in [2.24, 2.45) is 0 Å². The lowest BCUT2D eigenvalue weighted by Crippen LogP contribution is -2.29. The molecule has 2 aromatic carbocycles. The average molecular weight is 346 g/mol. The molecule has 1 unspecified atom stereocenters. The van der Waals surface area contributed by atoms with Crippen LogP contribution >= 0.6 is 15.9 Å². The van der Waals surface area contributed by atoms with E-state index in [4.69, 9.17) is 4.74 Å². The molecule has 0 fully saturated rings. The number of benzene rings is 2. The van der Waals surface area contributed by atoms with Crippen LogP contribution in [0.2, 0.25) is 0 Å². The van der Waals surface area contributed by atoms with Gasteiger partial charge in [0.25, 0.3) is 5.91 Å². The van der Waals surface area contributed by atoms with Crippen LogP contribution in [-0.2, 0) is 6.42 Å². The maximum Gasteiger partial charge on any atom is 0.251 e. The van der Waals surface area contributed by atoms with Crippen LogP contribution in [0.3, 0.4) is 0 Å². The first kappa shape index (κ1) is 14.1. The van der Waals surface area contributed by atoms with Crippen molar-refractivity contribution in [3.63, 3.8) is 0 Å². The van der Waals surface area contributed by atoms with Gasteiger partial charge in [-0.15, -0.1) is 0 Å². The summed E-state index contributed by atoms with van der Waals surface area (Å²) in [5.41, 5.74) is 2.88. The van der Waals surface area contributed by atoms with E-state index in [-0.39, 0.29) is 11.9 Å². The Kier molecular flexibility index (Phi) is 4.25. The molecule has 1 N–H and O–H groups in total. The van der Waals surface area contributed by atoms with E-state index in [1.54, 1.807) is 0 Å². The van der Waals surface area contributed by atoms with E-state index in [1.807, 2.05) is 48.5 Å². The zero-order valence-electron chi connectivity index (χ0n) is 11.5. The molecule has 4 heteroatoms. The molecule has 2 aromatic rings. The van der Waals surface area contributed by atoms with E-state index in [0.29, 0.717) is 17.5 Å². The number of carbonyl (C=O) groups excluding carboxylic acids is 1. The highest BCUT2D eigenvalue weighted by Crippen LogP contribution is 2.26. The van der Waals surface area contributed by atoms with Gasteiger partial charge in [-0.05, 0) is 29.3 Å². The van der Waals surface area contributed by atoms with E-state index in [9.17, 15) is 4.79 Å². The molecule has 1 atom stereocenters. The summed E-state index contributed by atoms with van der Waals surface area (Å²) in [7, 11) is 0. The standard InChI is InChI=1S/C17H16BrNO2/c18-11-15(12-4-2-1-3-5-12)19-17(20)14-6-7-16-13(10-14)8-9-21-16/h1-7,10,15H,8-9,11H2,(H,19,20). The number of fused-ring (bicyclic) bond motifs is 1. The molecule has 0 saturated heterocycles. The lowest BCUT2D eigenvalue weighted by molar-refractivity contribution is 0.0940. The van der Waals surface area contributed by atoms with Crippen molar-refractivity contribution in [2.45, 2.75) is 12.5 Å². The third kappa shape index (κ3) is 3.10. The Bertz CT molecular complexity index is 642. The van der Waals surface area contributed by atoms with E-state index < -0.39 is 0 Å². The van der Waals surface area contributed by atoms with Gasteiger partial charge < -0.3 is 10.1 Å². The molecule has 0 bridgehead atoms. The fraction of sp³-hybridized carbons (Fsp3) is 0.235. The first-order valence-electron chi connectivity index (χ1n) is 6.95. The monoisotopic (exact) mass is 345 g/mol.